The van der Waals surface area contributed by atoms with Crippen molar-refractivity contribution in [2.45, 2.75) is 26.3 Å². The van der Waals surface area contributed by atoms with E-state index in [1.165, 1.54) is 0 Å². The highest BCUT2D eigenvalue weighted by Crippen LogP contribution is 2.45. The molecule has 2 heterocycles. The van der Waals surface area contributed by atoms with Crippen LogP contribution in [0.25, 0.3) is 11.3 Å². The van der Waals surface area contributed by atoms with Gasteiger partial charge in [0, 0.05) is 22.1 Å². The van der Waals surface area contributed by atoms with E-state index in [4.69, 9.17) is 4.74 Å². The van der Waals surface area contributed by atoms with Gasteiger partial charge >= 0.3 is 0 Å². The van der Waals surface area contributed by atoms with Crippen LogP contribution in [-0.4, -0.2) is 39.8 Å². The quantitative estimate of drug-likeness (QED) is 0.321. The van der Waals surface area contributed by atoms with Crippen LogP contribution in [0.5, 0.6) is 11.5 Å². The standard InChI is InChI=1S/C28H26BrN3O3/c1-16-13-17(2)23(22(33)14-16)25-24-26(31-30-25)28(34)32(27(24)19-5-4-6-20(29)15-19)12-11-18-7-9-21(35-3)10-8-18/h4-10,13-15,27,33H,11-12H2,1-3H3,(H,30,31). The van der Waals surface area contributed by atoms with Crippen molar-refractivity contribution in [3.05, 3.63) is 98.6 Å². The summed E-state index contributed by atoms with van der Waals surface area (Å²) in [5.74, 6) is 0.868. The van der Waals surface area contributed by atoms with Gasteiger partial charge in [0.25, 0.3) is 5.91 Å². The molecule has 1 aliphatic heterocycles. The molecule has 178 valence electrons. The van der Waals surface area contributed by atoms with Gasteiger partial charge in [-0.3, -0.25) is 9.89 Å². The van der Waals surface area contributed by atoms with Crippen molar-refractivity contribution in [2.75, 3.05) is 13.7 Å². The van der Waals surface area contributed by atoms with Crippen LogP contribution < -0.4 is 4.74 Å². The summed E-state index contributed by atoms with van der Waals surface area (Å²) < 4.78 is 6.20. The second-order valence-electron chi connectivity index (χ2n) is 8.89. The molecule has 6 nitrogen and oxygen atoms in total. The van der Waals surface area contributed by atoms with Gasteiger partial charge in [-0.25, -0.2) is 0 Å². The van der Waals surface area contributed by atoms with E-state index in [1.807, 2.05) is 73.3 Å². The number of halogens is 1. The van der Waals surface area contributed by atoms with Crippen LogP contribution in [0.4, 0.5) is 0 Å². The number of hydrogen-bond acceptors (Lipinski definition) is 4. The van der Waals surface area contributed by atoms with Gasteiger partial charge in [-0.05, 0) is 72.9 Å². The zero-order valence-corrected chi connectivity index (χ0v) is 21.4. The molecule has 4 aromatic rings. The van der Waals surface area contributed by atoms with Crippen molar-refractivity contribution in [1.29, 1.82) is 0 Å². The predicted molar refractivity (Wildman–Crippen MR) is 139 cm³/mol. The molecule has 1 aromatic heterocycles. The number of nitrogens with one attached hydrogen (secondary N) is 1. The number of methoxy groups -OCH3 is 1. The first-order valence-electron chi connectivity index (χ1n) is 11.5. The molecule has 0 aliphatic carbocycles. The first-order chi connectivity index (χ1) is 16.9. The number of fused-ring (bicyclic) bond motifs is 1. The Hall–Kier alpha value is -3.58. The largest absolute Gasteiger partial charge is 0.507 e. The summed E-state index contributed by atoms with van der Waals surface area (Å²) in [6, 6.07) is 19.3. The van der Waals surface area contributed by atoms with Crippen molar-refractivity contribution < 1.29 is 14.6 Å². The molecule has 0 spiro atoms. The molecule has 0 fully saturated rings. The second kappa shape index (κ2) is 9.23. The Morgan fingerprint density at radius 2 is 1.89 bits per heavy atom. The molecule has 7 heteroatoms. The Balaban J connectivity index is 1.58. The number of aromatic amines is 1. The summed E-state index contributed by atoms with van der Waals surface area (Å²) in [7, 11) is 1.65. The number of phenols is 1. The number of benzene rings is 3. The average Bonchev–Trinajstić information content (AvgIpc) is 3.36. The van der Waals surface area contributed by atoms with Gasteiger partial charge in [0.1, 0.15) is 22.9 Å². The molecule has 5 rings (SSSR count). The zero-order chi connectivity index (χ0) is 24.7. The van der Waals surface area contributed by atoms with Gasteiger partial charge in [0.2, 0.25) is 0 Å². The minimum atomic E-state index is -0.331. The lowest BCUT2D eigenvalue weighted by atomic mass is 9.93. The number of rotatable bonds is 6. The molecular weight excluding hydrogens is 506 g/mol. The predicted octanol–water partition coefficient (Wildman–Crippen LogP) is 5.96. The van der Waals surface area contributed by atoms with E-state index in [-0.39, 0.29) is 17.7 Å². The van der Waals surface area contributed by atoms with E-state index in [2.05, 4.69) is 26.1 Å². The lowest BCUT2D eigenvalue weighted by molar-refractivity contribution is 0.0746. The van der Waals surface area contributed by atoms with Crippen LogP contribution in [0.15, 0.2) is 65.1 Å². The van der Waals surface area contributed by atoms with Gasteiger partial charge in [0.15, 0.2) is 0 Å². The van der Waals surface area contributed by atoms with E-state index in [0.29, 0.717) is 29.9 Å². The topological polar surface area (TPSA) is 78.5 Å². The fourth-order valence-electron chi connectivity index (χ4n) is 4.94. The fraction of sp³-hybridized carbons (Fsp3) is 0.214. The number of carbonyl (C=O) groups is 1. The molecule has 1 unspecified atom stereocenters. The molecular formula is C28H26BrN3O3. The highest BCUT2D eigenvalue weighted by atomic mass is 79.9. The number of carbonyl (C=O) groups excluding carboxylic acids is 1. The number of aryl methyl sites for hydroxylation is 2. The molecule has 0 saturated carbocycles. The third kappa shape index (κ3) is 4.21. The molecule has 35 heavy (non-hydrogen) atoms. The van der Waals surface area contributed by atoms with Gasteiger partial charge in [-0.2, -0.15) is 5.10 Å². The number of phenolic OH excluding ortho intramolecular Hbond substituents is 1. The minimum absolute atomic E-state index is 0.0958. The van der Waals surface area contributed by atoms with Crippen LogP contribution >= 0.6 is 15.9 Å². The molecule has 0 bridgehead atoms. The van der Waals surface area contributed by atoms with E-state index < -0.39 is 0 Å². The lowest BCUT2D eigenvalue weighted by Gasteiger charge is -2.27. The van der Waals surface area contributed by atoms with Crippen LogP contribution in [-0.2, 0) is 6.42 Å². The average molecular weight is 532 g/mol. The van der Waals surface area contributed by atoms with Crippen LogP contribution in [0.3, 0.4) is 0 Å². The molecule has 0 radical (unpaired) electrons. The van der Waals surface area contributed by atoms with Crippen molar-refractivity contribution in [1.82, 2.24) is 15.1 Å². The number of nitrogens with zero attached hydrogens (tertiary/aromatic N) is 2. The van der Waals surface area contributed by atoms with Crippen LogP contribution in [0.2, 0.25) is 0 Å². The van der Waals surface area contributed by atoms with E-state index in [1.54, 1.807) is 13.2 Å². The van der Waals surface area contributed by atoms with Gasteiger partial charge in [0.05, 0.1) is 13.2 Å². The molecule has 3 aromatic carbocycles. The molecule has 1 atom stereocenters. The minimum Gasteiger partial charge on any atom is -0.507 e. The monoisotopic (exact) mass is 531 g/mol. The summed E-state index contributed by atoms with van der Waals surface area (Å²) in [6.07, 6.45) is 0.697. The van der Waals surface area contributed by atoms with Gasteiger partial charge < -0.3 is 14.7 Å². The fourth-order valence-corrected chi connectivity index (χ4v) is 5.35. The van der Waals surface area contributed by atoms with Gasteiger partial charge in [-0.1, -0.05) is 46.3 Å². The Bertz CT molecular complexity index is 1390. The highest BCUT2D eigenvalue weighted by Gasteiger charge is 2.42. The van der Waals surface area contributed by atoms with E-state index >= 15 is 0 Å². The Labute approximate surface area is 212 Å². The number of amides is 1. The lowest BCUT2D eigenvalue weighted by Crippen LogP contribution is -2.31. The number of hydrogen-bond donors (Lipinski definition) is 2. The third-order valence-electron chi connectivity index (χ3n) is 6.52. The smallest absolute Gasteiger partial charge is 0.273 e. The first-order valence-corrected chi connectivity index (χ1v) is 12.2. The molecule has 0 saturated heterocycles. The summed E-state index contributed by atoms with van der Waals surface area (Å²) in [4.78, 5) is 15.5. The summed E-state index contributed by atoms with van der Waals surface area (Å²) in [6.45, 7) is 4.43. The maximum atomic E-state index is 13.6. The molecule has 1 aliphatic rings. The Kier molecular flexibility index (Phi) is 6.11. The maximum absolute atomic E-state index is 13.6. The molecule has 2 N–H and O–H groups in total. The number of aromatic hydroxyl groups is 1. The SMILES string of the molecule is COc1ccc(CCN2C(=O)c3[nH]nc(-c4c(C)cc(C)cc4O)c3C2c2cccc(Br)c2)cc1. The van der Waals surface area contributed by atoms with E-state index in [9.17, 15) is 9.90 Å². The summed E-state index contributed by atoms with van der Waals surface area (Å²) >= 11 is 3.58. The summed E-state index contributed by atoms with van der Waals surface area (Å²) in [5, 5.41) is 18.3. The maximum Gasteiger partial charge on any atom is 0.273 e. The number of aromatic nitrogens is 2. The Morgan fingerprint density at radius 3 is 2.57 bits per heavy atom. The van der Waals surface area contributed by atoms with Crippen molar-refractivity contribution in [2.24, 2.45) is 0 Å². The van der Waals surface area contributed by atoms with Crippen molar-refractivity contribution >= 4 is 21.8 Å². The highest BCUT2D eigenvalue weighted by molar-refractivity contribution is 9.10. The summed E-state index contributed by atoms with van der Waals surface area (Å²) in [5.41, 5.74) is 6.51. The van der Waals surface area contributed by atoms with Gasteiger partial charge in [-0.15, -0.1) is 0 Å². The normalized spacial score (nSPS) is 14.9. The zero-order valence-electron chi connectivity index (χ0n) is 19.8. The first kappa shape index (κ1) is 23.2. The van der Waals surface area contributed by atoms with Crippen molar-refractivity contribution in [3.8, 4) is 22.8 Å². The number of H-pyrrole nitrogens is 1. The van der Waals surface area contributed by atoms with Crippen molar-refractivity contribution in [3.63, 3.8) is 0 Å². The number of ether oxygens (including phenoxy) is 1. The van der Waals surface area contributed by atoms with Crippen LogP contribution in [0, 0.1) is 13.8 Å². The van der Waals surface area contributed by atoms with Crippen LogP contribution in [0.1, 0.15) is 44.3 Å². The third-order valence-corrected chi connectivity index (χ3v) is 7.02. The second-order valence-corrected chi connectivity index (χ2v) is 9.81. The van der Waals surface area contributed by atoms with E-state index in [0.717, 1.165) is 38.0 Å². The molecule has 1 amide bonds. The Morgan fingerprint density at radius 1 is 1.11 bits per heavy atom.